The van der Waals surface area contributed by atoms with Crippen molar-refractivity contribution >= 4 is 15.9 Å². The Morgan fingerprint density at radius 3 is 2.39 bits per heavy atom. The van der Waals surface area contributed by atoms with Gasteiger partial charge in [-0.3, -0.25) is 4.79 Å². The average molecular weight is 447 g/mol. The predicted molar refractivity (Wildman–Crippen MR) is 117 cm³/mol. The number of hydrogen-bond donors (Lipinski definition) is 0. The summed E-state index contributed by atoms with van der Waals surface area (Å²) in [7, 11) is -2.01. The Hall–Kier alpha value is -2.32. The van der Waals surface area contributed by atoms with Crippen LogP contribution in [0.25, 0.3) is 0 Å². The molecule has 1 aromatic carbocycles. The lowest BCUT2D eigenvalue weighted by Gasteiger charge is -2.30. The maximum Gasteiger partial charge on any atom is 0.290 e. The van der Waals surface area contributed by atoms with E-state index >= 15 is 0 Å². The van der Waals surface area contributed by atoms with Crippen LogP contribution >= 0.6 is 0 Å². The summed E-state index contributed by atoms with van der Waals surface area (Å²) < 4.78 is 38.5. The van der Waals surface area contributed by atoms with Gasteiger partial charge < -0.3 is 14.1 Å². The van der Waals surface area contributed by atoms with Crippen LogP contribution in [0.5, 0.6) is 5.75 Å². The zero-order chi connectivity index (χ0) is 22.0. The Morgan fingerprint density at radius 1 is 1.03 bits per heavy atom. The Morgan fingerprint density at radius 2 is 1.71 bits per heavy atom. The molecule has 1 aromatic heterocycles. The van der Waals surface area contributed by atoms with Crippen molar-refractivity contribution in [2.75, 3.05) is 26.7 Å². The highest BCUT2D eigenvalue weighted by atomic mass is 32.2. The Balaban J connectivity index is 1.63. The van der Waals surface area contributed by atoms with Crippen molar-refractivity contribution in [1.29, 1.82) is 0 Å². The second-order valence-corrected chi connectivity index (χ2v) is 10.2. The van der Waals surface area contributed by atoms with Crippen LogP contribution in [0.3, 0.4) is 0 Å². The first-order valence-electron chi connectivity index (χ1n) is 11.0. The van der Waals surface area contributed by atoms with Crippen molar-refractivity contribution in [3.8, 4) is 5.75 Å². The number of rotatable bonds is 5. The van der Waals surface area contributed by atoms with Crippen LogP contribution in [0.2, 0.25) is 0 Å². The molecule has 4 rings (SSSR count). The Bertz CT molecular complexity index is 1020. The van der Waals surface area contributed by atoms with Crippen LogP contribution in [0.15, 0.2) is 39.6 Å². The van der Waals surface area contributed by atoms with E-state index in [1.807, 2.05) is 29.2 Å². The summed E-state index contributed by atoms with van der Waals surface area (Å²) in [5.74, 6) is 0.879. The molecule has 31 heavy (non-hydrogen) atoms. The van der Waals surface area contributed by atoms with Gasteiger partial charge >= 0.3 is 0 Å². The number of aryl methyl sites for hydroxylation is 1. The van der Waals surface area contributed by atoms with Crippen molar-refractivity contribution in [1.82, 2.24) is 9.21 Å². The second-order valence-electron chi connectivity index (χ2n) is 8.28. The number of likely N-dealkylation sites (tertiary alicyclic amines) is 1. The molecule has 0 bridgehead atoms. The van der Waals surface area contributed by atoms with E-state index < -0.39 is 10.0 Å². The Labute approximate surface area is 184 Å². The maximum absolute atomic E-state index is 13.5. The number of sulfonamides is 1. The number of ether oxygens (including phenoxy) is 1. The van der Waals surface area contributed by atoms with E-state index in [1.54, 1.807) is 14.0 Å². The van der Waals surface area contributed by atoms with Crippen LogP contribution in [-0.2, 0) is 10.0 Å². The summed E-state index contributed by atoms with van der Waals surface area (Å²) in [5.41, 5.74) is 1.05. The molecule has 168 valence electrons. The summed E-state index contributed by atoms with van der Waals surface area (Å²) >= 11 is 0. The molecule has 2 saturated heterocycles. The second kappa shape index (κ2) is 9.04. The van der Waals surface area contributed by atoms with Gasteiger partial charge in [-0.05, 0) is 50.3 Å². The lowest BCUT2D eigenvalue weighted by atomic mass is 10.0. The summed E-state index contributed by atoms with van der Waals surface area (Å²) in [6.45, 7) is 3.26. The molecule has 3 heterocycles. The van der Waals surface area contributed by atoms with E-state index in [-0.39, 0.29) is 28.4 Å². The number of nitrogens with zero attached hydrogens (tertiary/aromatic N) is 2. The third-order valence-corrected chi connectivity index (χ3v) is 8.29. The van der Waals surface area contributed by atoms with Gasteiger partial charge in [-0.25, -0.2) is 8.42 Å². The number of benzene rings is 1. The zero-order valence-corrected chi connectivity index (χ0v) is 19.0. The molecule has 1 amide bonds. The highest BCUT2D eigenvalue weighted by Gasteiger charge is 2.34. The molecular formula is C23H30N2O5S. The first kappa shape index (κ1) is 21.9. The number of carbonyl (C=O) groups excluding carboxylic acids is 1. The normalized spacial score (nSPS) is 20.6. The molecule has 0 N–H and O–H groups in total. The molecule has 2 aliphatic rings. The lowest BCUT2D eigenvalue weighted by molar-refractivity contribution is 0.0646. The topological polar surface area (TPSA) is 80.1 Å². The molecule has 0 unspecified atom stereocenters. The molecule has 2 fully saturated rings. The van der Waals surface area contributed by atoms with E-state index in [0.717, 1.165) is 49.8 Å². The van der Waals surface area contributed by atoms with E-state index in [9.17, 15) is 13.2 Å². The molecular weight excluding hydrogens is 416 g/mol. The van der Waals surface area contributed by atoms with Crippen molar-refractivity contribution < 1.29 is 22.4 Å². The van der Waals surface area contributed by atoms with E-state index in [0.29, 0.717) is 19.6 Å². The maximum atomic E-state index is 13.5. The molecule has 0 radical (unpaired) electrons. The van der Waals surface area contributed by atoms with Crippen LogP contribution in [-0.4, -0.2) is 50.3 Å². The minimum absolute atomic E-state index is 0.0787. The van der Waals surface area contributed by atoms with Crippen molar-refractivity contribution in [3.63, 3.8) is 0 Å². The van der Waals surface area contributed by atoms with Gasteiger partial charge in [0.2, 0.25) is 10.0 Å². The molecule has 8 heteroatoms. The first-order chi connectivity index (χ1) is 14.9. The number of methoxy groups -OCH3 is 1. The molecule has 0 aliphatic carbocycles. The van der Waals surface area contributed by atoms with E-state index in [1.165, 1.54) is 10.4 Å². The highest BCUT2D eigenvalue weighted by Crippen LogP contribution is 2.34. The van der Waals surface area contributed by atoms with Crippen molar-refractivity contribution in [3.05, 3.63) is 47.4 Å². The van der Waals surface area contributed by atoms with Gasteiger partial charge in [-0.15, -0.1) is 0 Å². The minimum Gasteiger partial charge on any atom is -0.497 e. The minimum atomic E-state index is -3.64. The molecule has 2 aliphatic heterocycles. The molecule has 7 nitrogen and oxygen atoms in total. The van der Waals surface area contributed by atoms with Gasteiger partial charge in [0.05, 0.1) is 13.2 Å². The summed E-state index contributed by atoms with van der Waals surface area (Å²) in [4.78, 5) is 15.4. The lowest BCUT2D eigenvalue weighted by Crippen LogP contribution is -2.34. The standard InChI is InChI=1S/C23H30N2O5S/c1-17-22(31(27,28)24-13-6-7-14-24)16-21(30-17)23(26)25-15-5-3-4-8-20(25)18-9-11-19(29-2)12-10-18/h9-12,16,20H,3-8,13-15H2,1-2H3/t20-/m0/s1. The van der Waals surface area contributed by atoms with Gasteiger partial charge in [0, 0.05) is 25.7 Å². The SMILES string of the molecule is COc1ccc([C@@H]2CCCCCN2C(=O)c2cc(S(=O)(=O)N3CCCC3)c(C)o2)cc1. The fraction of sp³-hybridized carbons (Fsp3) is 0.522. The zero-order valence-electron chi connectivity index (χ0n) is 18.2. The summed E-state index contributed by atoms with van der Waals surface area (Å²) in [5, 5.41) is 0. The number of carbonyl (C=O) groups is 1. The summed E-state index contributed by atoms with van der Waals surface area (Å²) in [6, 6.07) is 9.13. The largest absolute Gasteiger partial charge is 0.497 e. The molecule has 0 spiro atoms. The molecule has 0 saturated carbocycles. The highest BCUT2D eigenvalue weighted by molar-refractivity contribution is 7.89. The molecule has 1 atom stereocenters. The predicted octanol–water partition coefficient (Wildman–Crippen LogP) is 4.14. The Kier molecular flexibility index (Phi) is 6.39. The van der Waals surface area contributed by atoms with Crippen LogP contribution in [0.4, 0.5) is 0 Å². The van der Waals surface area contributed by atoms with E-state index in [4.69, 9.17) is 9.15 Å². The summed E-state index contributed by atoms with van der Waals surface area (Å²) in [6.07, 6.45) is 5.58. The van der Waals surface area contributed by atoms with Gasteiger partial charge in [0.15, 0.2) is 5.76 Å². The number of furan rings is 1. The average Bonchev–Trinajstić information content (AvgIpc) is 3.39. The van der Waals surface area contributed by atoms with Crippen molar-refractivity contribution in [2.24, 2.45) is 0 Å². The molecule has 2 aromatic rings. The fourth-order valence-electron chi connectivity index (χ4n) is 4.56. The first-order valence-corrected chi connectivity index (χ1v) is 12.4. The van der Waals surface area contributed by atoms with Gasteiger partial charge in [0.25, 0.3) is 5.91 Å². The van der Waals surface area contributed by atoms with Crippen LogP contribution in [0, 0.1) is 6.92 Å². The number of hydrogen-bond acceptors (Lipinski definition) is 5. The van der Waals surface area contributed by atoms with Gasteiger partial charge in [-0.1, -0.05) is 25.0 Å². The van der Waals surface area contributed by atoms with Crippen LogP contribution < -0.4 is 4.74 Å². The van der Waals surface area contributed by atoms with Crippen molar-refractivity contribution in [2.45, 2.75) is 56.4 Å². The number of amides is 1. The third-order valence-electron chi connectivity index (χ3n) is 6.28. The van der Waals surface area contributed by atoms with E-state index in [2.05, 4.69) is 0 Å². The fourth-order valence-corrected chi connectivity index (χ4v) is 6.24. The monoisotopic (exact) mass is 446 g/mol. The smallest absolute Gasteiger partial charge is 0.290 e. The third kappa shape index (κ3) is 4.36. The van der Waals surface area contributed by atoms with Crippen LogP contribution in [0.1, 0.15) is 66.4 Å². The van der Waals surface area contributed by atoms with Gasteiger partial charge in [-0.2, -0.15) is 4.31 Å². The van der Waals surface area contributed by atoms with Gasteiger partial charge in [0.1, 0.15) is 16.4 Å². The quantitative estimate of drug-likeness (QED) is 0.690.